The highest BCUT2D eigenvalue weighted by Crippen LogP contribution is 2.25. The van der Waals surface area contributed by atoms with Gasteiger partial charge >= 0.3 is 0 Å². The minimum Gasteiger partial charge on any atom is -0.366 e. The number of nitrogens with two attached hydrogens (primary N) is 2. The van der Waals surface area contributed by atoms with E-state index < -0.39 is 11.8 Å². The van der Waals surface area contributed by atoms with Crippen LogP contribution in [-0.4, -0.2) is 62.3 Å². The van der Waals surface area contributed by atoms with E-state index in [9.17, 15) is 19.2 Å². The van der Waals surface area contributed by atoms with Crippen LogP contribution in [-0.2, 0) is 26.7 Å². The van der Waals surface area contributed by atoms with Crippen molar-refractivity contribution in [3.8, 4) is 0 Å². The average Bonchev–Trinajstić information content (AvgIpc) is 3.80. The summed E-state index contributed by atoms with van der Waals surface area (Å²) in [6.07, 6.45) is 1.26. The van der Waals surface area contributed by atoms with E-state index in [1.165, 1.54) is 4.68 Å². The third-order valence-corrected chi connectivity index (χ3v) is 8.20. The lowest BCUT2D eigenvalue weighted by atomic mass is 10.2. The Morgan fingerprint density at radius 1 is 0.694 bits per heavy atom. The van der Waals surface area contributed by atoms with Gasteiger partial charge in [0.2, 0.25) is 23.7 Å². The van der Waals surface area contributed by atoms with Gasteiger partial charge in [-0.05, 0) is 82.1 Å². The molecule has 0 aliphatic carbocycles. The van der Waals surface area contributed by atoms with Gasteiger partial charge < -0.3 is 20.6 Å². The molecule has 4 amide bonds. The summed E-state index contributed by atoms with van der Waals surface area (Å²) in [5, 5.41) is 14.5. The molecule has 0 bridgehead atoms. The van der Waals surface area contributed by atoms with Gasteiger partial charge in [-0.25, -0.2) is 9.97 Å². The summed E-state index contributed by atoms with van der Waals surface area (Å²) < 4.78 is 6.88. The number of rotatable bonds is 12. The number of hydrogen-bond donors (Lipinski definition) is 4. The van der Waals surface area contributed by atoms with Crippen molar-refractivity contribution in [1.82, 2.24) is 38.7 Å². The third-order valence-electron chi connectivity index (χ3n) is 8.20. The van der Waals surface area contributed by atoms with E-state index in [2.05, 4.69) is 30.8 Å². The van der Waals surface area contributed by atoms with Crippen LogP contribution in [0.3, 0.4) is 0 Å². The zero-order chi connectivity index (χ0) is 35.0. The number of primary amides is 2. The Morgan fingerprint density at radius 3 is 1.61 bits per heavy atom. The fourth-order valence-corrected chi connectivity index (χ4v) is 5.87. The molecule has 6 rings (SSSR count). The van der Waals surface area contributed by atoms with Crippen LogP contribution in [0.1, 0.15) is 72.8 Å². The Labute approximate surface area is 280 Å². The predicted molar refractivity (Wildman–Crippen MR) is 182 cm³/mol. The number of carbonyl (C=O) groups excluding carboxylic acids is 4. The maximum absolute atomic E-state index is 13.4. The number of nitrogens with one attached hydrogen (secondary N) is 2. The summed E-state index contributed by atoms with van der Waals surface area (Å²) in [5.74, 6) is -1.28. The number of unbranched alkanes of at least 4 members (excludes halogenated alkanes) is 1. The minimum absolute atomic E-state index is 0.301. The number of fused-ring (bicyclic) bond motifs is 2. The molecule has 0 aliphatic heterocycles. The van der Waals surface area contributed by atoms with E-state index in [-0.39, 0.29) is 11.8 Å². The van der Waals surface area contributed by atoms with Crippen molar-refractivity contribution in [2.45, 2.75) is 53.2 Å². The van der Waals surface area contributed by atoms with E-state index in [0.717, 1.165) is 5.69 Å². The zero-order valence-electron chi connectivity index (χ0n) is 27.5. The zero-order valence-corrected chi connectivity index (χ0v) is 27.5. The summed E-state index contributed by atoms with van der Waals surface area (Å²) in [7, 11) is 1.69. The van der Waals surface area contributed by atoms with Gasteiger partial charge in [0.25, 0.3) is 11.8 Å². The first kappa shape index (κ1) is 32.6. The Bertz CT molecular complexity index is 2270. The van der Waals surface area contributed by atoms with Gasteiger partial charge in [-0.15, -0.1) is 0 Å². The first-order valence-corrected chi connectivity index (χ1v) is 15.7. The summed E-state index contributed by atoms with van der Waals surface area (Å²) >= 11 is 0. The normalized spacial score (nSPS) is 11.3. The van der Waals surface area contributed by atoms with Crippen molar-refractivity contribution in [1.29, 1.82) is 0 Å². The second-order valence-corrected chi connectivity index (χ2v) is 11.7. The Hall–Kier alpha value is -6.32. The molecule has 6 N–H and O–H groups in total. The van der Waals surface area contributed by atoms with E-state index in [4.69, 9.17) is 11.5 Å². The molecule has 6 aromatic rings. The van der Waals surface area contributed by atoms with Crippen molar-refractivity contribution < 1.29 is 19.2 Å². The van der Waals surface area contributed by atoms with Gasteiger partial charge in [-0.3, -0.25) is 39.2 Å². The topological polar surface area (TPSA) is 216 Å². The number of aryl methyl sites for hydroxylation is 6. The molecule has 0 aliphatic rings. The Balaban J connectivity index is 1.27. The quantitative estimate of drug-likeness (QED) is 0.142. The molecule has 0 saturated heterocycles. The van der Waals surface area contributed by atoms with Crippen molar-refractivity contribution in [2.24, 2.45) is 18.5 Å². The molecule has 0 atom stereocenters. The third kappa shape index (κ3) is 6.47. The summed E-state index contributed by atoms with van der Waals surface area (Å²) in [5.41, 5.74) is 16.3. The number of nitrogens with zero attached hydrogens (tertiary/aromatic N) is 8. The maximum atomic E-state index is 13.4. The van der Waals surface area contributed by atoms with Crippen molar-refractivity contribution in [3.05, 3.63) is 82.4 Å². The second-order valence-electron chi connectivity index (χ2n) is 11.7. The molecule has 16 heteroatoms. The van der Waals surface area contributed by atoms with Gasteiger partial charge in [0, 0.05) is 37.8 Å². The molecule has 252 valence electrons. The smallest absolute Gasteiger partial charge is 0.276 e. The van der Waals surface area contributed by atoms with Crippen LogP contribution < -0.4 is 22.1 Å². The van der Waals surface area contributed by atoms with Crippen molar-refractivity contribution >= 4 is 57.6 Å². The largest absolute Gasteiger partial charge is 0.366 e. The molecule has 2 aromatic carbocycles. The first-order chi connectivity index (χ1) is 23.4. The fraction of sp³-hybridized carbons (Fsp3) is 0.273. The molecule has 49 heavy (non-hydrogen) atoms. The van der Waals surface area contributed by atoms with Crippen LogP contribution in [0.5, 0.6) is 0 Å². The van der Waals surface area contributed by atoms with Gasteiger partial charge in [0.1, 0.15) is 11.4 Å². The number of carbonyl (C=O) groups is 4. The highest BCUT2D eigenvalue weighted by atomic mass is 16.2. The highest BCUT2D eigenvalue weighted by Gasteiger charge is 2.21. The molecular weight excluding hydrogens is 628 g/mol. The molecular formula is C33H36N12O4. The standard InChI is InChI=1S/C33H36N12O4/c1-5-45-27(15-19(3)41-45)31(49)39-33-37-23-17-21(29(35)47)9-11-25(23)44(33)13-7-6-12-43-24-10-8-20(28(34)46)16-22(24)36-32(43)38-30(48)26-14-18(2)40-42(26)4/h8-11,14-17H,5-7,12-13H2,1-4H3,(H2,34,46)(H2,35,47)(H,36,38,48)(H,37,39,49). The van der Waals surface area contributed by atoms with Crippen LogP contribution in [0, 0.1) is 13.8 Å². The van der Waals surface area contributed by atoms with Gasteiger partial charge in [0.15, 0.2) is 0 Å². The van der Waals surface area contributed by atoms with Crippen LogP contribution in [0.4, 0.5) is 11.9 Å². The van der Waals surface area contributed by atoms with Gasteiger partial charge in [-0.1, -0.05) is 0 Å². The Morgan fingerprint density at radius 2 is 1.16 bits per heavy atom. The van der Waals surface area contributed by atoms with Crippen LogP contribution in [0.25, 0.3) is 22.1 Å². The van der Waals surface area contributed by atoms with E-state index in [1.807, 2.05) is 23.0 Å². The number of imidazole rings is 2. The number of benzene rings is 2. The van der Waals surface area contributed by atoms with E-state index in [0.29, 0.717) is 94.6 Å². The lowest BCUT2D eigenvalue weighted by Crippen LogP contribution is -2.20. The predicted octanol–water partition coefficient (Wildman–Crippen LogP) is 3.14. The molecule has 0 radical (unpaired) electrons. The van der Waals surface area contributed by atoms with E-state index in [1.54, 1.807) is 67.2 Å². The summed E-state index contributed by atoms with van der Waals surface area (Å²) in [6, 6.07) is 13.3. The molecule has 0 fully saturated rings. The van der Waals surface area contributed by atoms with E-state index >= 15 is 0 Å². The fourth-order valence-electron chi connectivity index (χ4n) is 5.87. The van der Waals surface area contributed by atoms with Crippen LogP contribution >= 0.6 is 0 Å². The lowest BCUT2D eigenvalue weighted by molar-refractivity contribution is 0.0992. The van der Waals surface area contributed by atoms with Crippen molar-refractivity contribution in [2.75, 3.05) is 10.6 Å². The number of hydrogen-bond acceptors (Lipinski definition) is 8. The van der Waals surface area contributed by atoms with Gasteiger partial charge in [-0.2, -0.15) is 10.2 Å². The average molecular weight is 665 g/mol. The molecule has 0 spiro atoms. The molecule has 4 heterocycles. The maximum Gasteiger partial charge on any atom is 0.276 e. The molecule has 4 aromatic heterocycles. The van der Waals surface area contributed by atoms with Crippen LogP contribution in [0.2, 0.25) is 0 Å². The minimum atomic E-state index is -0.583. The van der Waals surface area contributed by atoms with Crippen LogP contribution in [0.15, 0.2) is 48.5 Å². The number of anilines is 2. The molecule has 16 nitrogen and oxygen atoms in total. The van der Waals surface area contributed by atoms with Gasteiger partial charge in [0.05, 0.1) is 33.5 Å². The summed E-state index contributed by atoms with van der Waals surface area (Å²) in [4.78, 5) is 59.6. The Kier molecular flexibility index (Phi) is 8.69. The monoisotopic (exact) mass is 664 g/mol. The molecule has 0 unspecified atom stereocenters. The molecule has 0 saturated carbocycles. The summed E-state index contributed by atoms with van der Waals surface area (Å²) in [6.45, 7) is 6.96. The second kappa shape index (κ2) is 13.1. The lowest BCUT2D eigenvalue weighted by Gasteiger charge is -2.13. The number of aromatic nitrogens is 8. The SMILES string of the molecule is CCn1nc(C)cc1C(=O)Nc1nc2cc(C(N)=O)ccc2n1CCCCn1c(NC(=O)c2cc(C)nn2C)nc2cc(C(N)=O)ccc21. The number of amides is 4. The first-order valence-electron chi connectivity index (χ1n) is 15.7. The van der Waals surface area contributed by atoms with Crippen molar-refractivity contribution in [3.63, 3.8) is 0 Å². The highest BCUT2D eigenvalue weighted by molar-refractivity contribution is 6.04.